The van der Waals surface area contributed by atoms with Gasteiger partial charge in [-0.05, 0) is 49.4 Å². The smallest absolute Gasteiger partial charge is 0.0843 e. The zero-order chi connectivity index (χ0) is 23.5. The topological polar surface area (TPSA) is 46.4 Å². The molecule has 2 atom stereocenters. The molecule has 1 aliphatic rings. The van der Waals surface area contributed by atoms with Gasteiger partial charge in [-0.3, -0.25) is 0 Å². The summed E-state index contributed by atoms with van der Waals surface area (Å²) in [5.41, 5.74) is 8.42. The fraction of sp³-hybridized carbons (Fsp3) is 0.333. The Morgan fingerprint density at radius 2 is 1.69 bits per heavy atom. The van der Waals surface area contributed by atoms with Crippen molar-refractivity contribution < 1.29 is 9.84 Å². The van der Waals surface area contributed by atoms with E-state index in [4.69, 9.17) is 4.74 Å². The molecule has 5 rings (SSSR count). The average Bonchev–Trinajstić information content (AvgIpc) is 3.46. The maximum Gasteiger partial charge on any atom is 0.0843 e. The summed E-state index contributed by atoms with van der Waals surface area (Å²) in [4.78, 5) is 0. The highest BCUT2D eigenvalue weighted by molar-refractivity contribution is 6.06. The van der Waals surface area contributed by atoms with Crippen molar-refractivity contribution in [2.75, 3.05) is 19.7 Å². The maximum absolute atomic E-state index is 11.1. The summed E-state index contributed by atoms with van der Waals surface area (Å²) >= 11 is 0. The Hall–Kier alpha value is -2.63. The van der Waals surface area contributed by atoms with Crippen LogP contribution in [0.4, 0.5) is 0 Å². The van der Waals surface area contributed by atoms with E-state index in [1.165, 1.54) is 33.2 Å². The highest BCUT2D eigenvalue weighted by Gasteiger charge is 2.23. The van der Waals surface area contributed by atoms with E-state index in [1.807, 2.05) is 0 Å². The van der Waals surface area contributed by atoms with Crippen LogP contribution in [0.25, 0.3) is 33.3 Å². The van der Waals surface area contributed by atoms with Crippen molar-refractivity contribution >= 4 is 23.3 Å². The van der Waals surface area contributed by atoms with Gasteiger partial charge in [-0.25, -0.2) is 0 Å². The van der Waals surface area contributed by atoms with Crippen LogP contribution < -0.4 is 5.32 Å². The van der Waals surface area contributed by atoms with E-state index in [9.17, 15) is 5.11 Å². The maximum atomic E-state index is 11.1. The van der Waals surface area contributed by atoms with Crippen molar-refractivity contribution in [3.63, 3.8) is 0 Å². The zero-order valence-electron chi connectivity index (χ0n) is 20.5. The van der Waals surface area contributed by atoms with Crippen molar-refractivity contribution in [2.24, 2.45) is 0 Å². The van der Waals surface area contributed by atoms with Gasteiger partial charge in [0.25, 0.3) is 0 Å². The lowest BCUT2D eigenvalue weighted by molar-refractivity contribution is 0.101. The van der Waals surface area contributed by atoms with Crippen LogP contribution in [-0.2, 0) is 11.3 Å². The van der Waals surface area contributed by atoms with E-state index in [0.717, 1.165) is 37.3 Å². The van der Waals surface area contributed by atoms with Crippen LogP contribution in [0.1, 0.15) is 24.0 Å². The van der Waals surface area contributed by atoms with Crippen molar-refractivity contribution in [3.05, 3.63) is 83.9 Å². The Labute approximate surface area is 214 Å². The van der Waals surface area contributed by atoms with E-state index in [2.05, 4.69) is 96.5 Å². The number of aryl methyl sites for hydroxylation is 2. The molecule has 0 aliphatic carbocycles. The lowest BCUT2D eigenvalue weighted by Gasteiger charge is -2.19. The third-order valence-corrected chi connectivity index (χ3v) is 6.77. The Balaban J connectivity index is 0.00000289. The van der Waals surface area contributed by atoms with Crippen LogP contribution in [-0.4, -0.2) is 41.6 Å². The molecule has 184 valence electrons. The summed E-state index contributed by atoms with van der Waals surface area (Å²) in [6.07, 6.45) is 1.99. The largest absolute Gasteiger partial charge is 0.390 e. The molecule has 35 heavy (non-hydrogen) atoms. The molecule has 2 heterocycles. The molecule has 0 radical (unpaired) electrons. The Morgan fingerprint density at radius 3 is 2.34 bits per heavy atom. The molecule has 2 unspecified atom stereocenters. The third kappa shape index (κ3) is 5.46. The van der Waals surface area contributed by atoms with Crippen molar-refractivity contribution in [2.45, 2.75) is 45.4 Å². The van der Waals surface area contributed by atoms with Gasteiger partial charge in [0.2, 0.25) is 0 Å². The van der Waals surface area contributed by atoms with E-state index >= 15 is 0 Å². The second-order valence-electron chi connectivity index (χ2n) is 9.49. The van der Waals surface area contributed by atoms with E-state index in [0.29, 0.717) is 13.1 Å². The predicted octanol–water partition coefficient (Wildman–Crippen LogP) is 6.14. The number of rotatable bonds is 8. The average molecular weight is 491 g/mol. The molecule has 4 nitrogen and oxygen atoms in total. The fourth-order valence-corrected chi connectivity index (χ4v) is 5.35. The standard InChI is InChI=1S/C30H34N2O2.ClH/c1-21-16-22(2)29-27(17-21)28(23-10-5-3-6-11-23)30(24-12-7-4-8-13-24)32(29)20-25(33)18-31-19-26-14-9-15-34-26;/h3-8,10-13,16-17,25-26,31,33H,9,14-15,18-20H2,1-2H3;1H. The Kier molecular flexibility index (Phi) is 8.30. The minimum absolute atomic E-state index is 0. The molecule has 2 N–H and O–H groups in total. The first-order valence-corrected chi connectivity index (χ1v) is 12.4. The molecular formula is C30H35ClN2O2. The molecule has 4 aromatic rings. The fourth-order valence-electron chi connectivity index (χ4n) is 5.35. The number of aliphatic hydroxyl groups is 1. The SMILES string of the molecule is Cc1cc(C)c2c(c1)c(-c1ccccc1)c(-c1ccccc1)n2CC(O)CNCC1CCCO1.Cl. The predicted molar refractivity (Wildman–Crippen MR) is 147 cm³/mol. The van der Waals surface area contributed by atoms with Gasteiger partial charge in [0, 0.05) is 30.6 Å². The minimum atomic E-state index is -0.510. The number of benzene rings is 3. The van der Waals surface area contributed by atoms with Crippen molar-refractivity contribution in [1.82, 2.24) is 9.88 Å². The van der Waals surface area contributed by atoms with Crippen LogP contribution in [0.3, 0.4) is 0 Å². The number of nitrogens with one attached hydrogen (secondary N) is 1. The van der Waals surface area contributed by atoms with Gasteiger partial charge < -0.3 is 19.7 Å². The van der Waals surface area contributed by atoms with Gasteiger partial charge in [-0.1, -0.05) is 72.3 Å². The molecule has 1 aromatic heterocycles. The lowest BCUT2D eigenvalue weighted by atomic mass is 9.97. The third-order valence-electron chi connectivity index (χ3n) is 6.77. The van der Waals surface area contributed by atoms with Crippen molar-refractivity contribution in [3.8, 4) is 22.4 Å². The normalized spacial score (nSPS) is 16.4. The van der Waals surface area contributed by atoms with E-state index in [-0.39, 0.29) is 18.5 Å². The second kappa shape index (κ2) is 11.4. The first kappa shape index (κ1) is 25.5. The Morgan fingerprint density at radius 1 is 1.00 bits per heavy atom. The highest BCUT2D eigenvalue weighted by Crippen LogP contribution is 2.42. The first-order chi connectivity index (χ1) is 16.6. The molecule has 5 heteroatoms. The quantitative estimate of drug-likeness (QED) is 0.311. The first-order valence-electron chi connectivity index (χ1n) is 12.4. The monoisotopic (exact) mass is 490 g/mol. The highest BCUT2D eigenvalue weighted by atomic mass is 35.5. The second-order valence-corrected chi connectivity index (χ2v) is 9.49. The van der Waals surface area contributed by atoms with Crippen molar-refractivity contribution in [1.29, 1.82) is 0 Å². The molecule has 3 aromatic carbocycles. The number of hydrogen-bond donors (Lipinski definition) is 2. The summed E-state index contributed by atoms with van der Waals surface area (Å²) in [5, 5.41) is 15.8. The lowest BCUT2D eigenvalue weighted by Crippen LogP contribution is -2.35. The number of aliphatic hydroxyl groups excluding tert-OH is 1. The van der Waals surface area contributed by atoms with Crippen LogP contribution in [0.15, 0.2) is 72.8 Å². The van der Waals surface area contributed by atoms with Gasteiger partial charge in [0.1, 0.15) is 0 Å². The number of ether oxygens (including phenoxy) is 1. The van der Waals surface area contributed by atoms with Crippen LogP contribution in [0.2, 0.25) is 0 Å². The van der Waals surface area contributed by atoms with E-state index < -0.39 is 6.10 Å². The summed E-state index contributed by atoms with van der Waals surface area (Å²) in [7, 11) is 0. The molecule has 0 saturated carbocycles. The summed E-state index contributed by atoms with van der Waals surface area (Å²) < 4.78 is 8.05. The zero-order valence-corrected chi connectivity index (χ0v) is 21.4. The van der Waals surface area contributed by atoms with Crippen LogP contribution in [0.5, 0.6) is 0 Å². The summed E-state index contributed by atoms with van der Waals surface area (Å²) in [6, 6.07) is 25.7. The van der Waals surface area contributed by atoms with Crippen LogP contribution in [0, 0.1) is 13.8 Å². The van der Waals surface area contributed by atoms with Gasteiger partial charge in [-0.15, -0.1) is 12.4 Å². The number of hydrogen-bond acceptors (Lipinski definition) is 3. The van der Waals surface area contributed by atoms with Gasteiger partial charge in [0.05, 0.1) is 30.0 Å². The molecule has 1 aliphatic heterocycles. The molecule has 0 spiro atoms. The molecule has 0 bridgehead atoms. The van der Waals surface area contributed by atoms with Gasteiger partial charge in [0.15, 0.2) is 0 Å². The number of nitrogens with zero attached hydrogens (tertiary/aromatic N) is 1. The number of aromatic nitrogens is 1. The molecule has 0 amide bonds. The minimum Gasteiger partial charge on any atom is -0.390 e. The van der Waals surface area contributed by atoms with Crippen LogP contribution >= 0.6 is 12.4 Å². The number of fused-ring (bicyclic) bond motifs is 1. The van der Waals surface area contributed by atoms with Gasteiger partial charge in [-0.2, -0.15) is 0 Å². The molecular weight excluding hydrogens is 456 g/mol. The molecule has 1 saturated heterocycles. The molecule has 1 fully saturated rings. The van der Waals surface area contributed by atoms with E-state index in [1.54, 1.807) is 0 Å². The summed E-state index contributed by atoms with van der Waals surface area (Å²) in [5.74, 6) is 0. The van der Waals surface area contributed by atoms with Gasteiger partial charge >= 0.3 is 0 Å². The number of halogens is 1. The summed E-state index contributed by atoms with van der Waals surface area (Å²) in [6.45, 7) is 7.05. The Bertz CT molecular complexity index is 1250.